The molecule has 1 aromatic rings. The number of unbranched alkanes of at least 4 members (excludes halogenated alkanes) is 1. The van der Waals surface area contributed by atoms with Gasteiger partial charge in [-0.05, 0) is 67.9 Å². The zero-order chi connectivity index (χ0) is 30.4. The lowest BCUT2D eigenvalue weighted by molar-refractivity contribution is -0.145. The summed E-state index contributed by atoms with van der Waals surface area (Å²) in [6.45, 7) is 0.00132. The van der Waals surface area contributed by atoms with E-state index in [1.807, 2.05) is 0 Å². The Balaban J connectivity index is 1.40. The van der Waals surface area contributed by atoms with Crippen LogP contribution in [0.25, 0.3) is 22.3 Å². The third-order valence-corrected chi connectivity index (χ3v) is 8.87. The van der Waals surface area contributed by atoms with Crippen molar-refractivity contribution in [3.63, 3.8) is 0 Å². The highest BCUT2D eigenvalue weighted by Gasteiger charge is 2.40. The first kappa shape index (κ1) is 31.7. The molecular formula is C29H36NO11P. The molecule has 4 rings (SSSR count). The van der Waals surface area contributed by atoms with Gasteiger partial charge in [0, 0.05) is 55.2 Å². The van der Waals surface area contributed by atoms with Gasteiger partial charge in [0.05, 0.1) is 12.5 Å². The summed E-state index contributed by atoms with van der Waals surface area (Å²) in [4.78, 5) is 46.8. The number of aliphatic carboxylic acids is 1. The number of aliphatic hydroxyl groups excluding tert-OH is 1. The van der Waals surface area contributed by atoms with Crippen LogP contribution in [0.15, 0.2) is 45.6 Å². The summed E-state index contributed by atoms with van der Waals surface area (Å²) in [5, 5.41) is 33.2. The number of phosphoric ester groups is 1. The van der Waals surface area contributed by atoms with E-state index in [1.54, 1.807) is 12.1 Å². The molecule has 0 radical (unpaired) electrons. The van der Waals surface area contributed by atoms with E-state index in [0.29, 0.717) is 60.9 Å². The van der Waals surface area contributed by atoms with Crippen molar-refractivity contribution in [3.8, 4) is 17.1 Å². The van der Waals surface area contributed by atoms with Crippen molar-refractivity contribution in [2.75, 3.05) is 26.9 Å². The average Bonchev–Trinajstić information content (AvgIpc) is 2.96. The van der Waals surface area contributed by atoms with Gasteiger partial charge in [-0.15, -0.1) is 0 Å². The Bertz CT molecular complexity index is 1490. The minimum atomic E-state index is -4.12. The molecule has 1 aromatic carbocycles. The number of phenols is 1. The molecule has 5 unspecified atom stereocenters. The van der Waals surface area contributed by atoms with Gasteiger partial charge in [0.15, 0.2) is 5.43 Å². The summed E-state index contributed by atoms with van der Waals surface area (Å²) >= 11 is 0. The zero-order valence-corrected chi connectivity index (χ0v) is 24.1. The van der Waals surface area contributed by atoms with Crippen LogP contribution in [0.4, 0.5) is 0 Å². The van der Waals surface area contributed by atoms with E-state index in [4.69, 9.17) is 8.94 Å². The smallest absolute Gasteiger partial charge is 0.471 e. The second-order valence-electron chi connectivity index (χ2n) is 10.7. The Morgan fingerprint density at radius 3 is 2.67 bits per heavy atom. The van der Waals surface area contributed by atoms with Gasteiger partial charge in [0.2, 0.25) is 5.91 Å². The Labute approximate surface area is 242 Å². The van der Waals surface area contributed by atoms with Gasteiger partial charge < -0.3 is 29.9 Å². The van der Waals surface area contributed by atoms with Crippen molar-refractivity contribution in [2.45, 2.75) is 44.4 Å². The van der Waals surface area contributed by atoms with E-state index in [9.17, 15) is 39.2 Å². The second kappa shape index (κ2) is 13.8. The Hall–Kier alpha value is -3.28. The number of aromatic hydroxyl groups is 1. The predicted molar refractivity (Wildman–Crippen MR) is 152 cm³/mol. The van der Waals surface area contributed by atoms with Crippen LogP contribution in [0.1, 0.15) is 50.0 Å². The number of aliphatic hydroxyl groups is 1. The molecule has 0 bridgehead atoms. The SMILES string of the molecule is COP(=O)(O)OCC(CO)CCCCNC(=O)C1CCC(c2c3ccc(=O)cc-3oc3cc(O)ccc23)C(C(=O)O)C1. The Kier molecular flexibility index (Phi) is 10.4. The van der Waals surface area contributed by atoms with Crippen molar-refractivity contribution in [2.24, 2.45) is 17.8 Å². The molecule has 0 spiro atoms. The lowest BCUT2D eigenvalue weighted by Crippen LogP contribution is -2.38. The summed E-state index contributed by atoms with van der Waals surface area (Å²) in [6, 6.07) is 9.00. The highest BCUT2D eigenvalue weighted by Crippen LogP contribution is 2.47. The normalized spacial score (nSPS) is 21.2. The van der Waals surface area contributed by atoms with Crippen LogP contribution in [-0.4, -0.2) is 59.0 Å². The van der Waals surface area contributed by atoms with E-state index in [-0.39, 0.29) is 42.6 Å². The number of hydrogen-bond acceptors (Lipinski definition) is 9. The first-order valence-electron chi connectivity index (χ1n) is 13.9. The molecular weight excluding hydrogens is 569 g/mol. The van der Waals surface area contributed by atoms with Crippen molar-refractivity contribution in [3.05, 3.63) is 52.2 Å². The number of phenolic OH excluding ortho intramolecular Hbond substituents is 1. The van der Waals surface area contributed by atoms with Gasteiger partial charge in [-0.3, -0.25) is 23.4 Å². The van der Waals surface area contributed by atoms with Crippen LogP contribution in [0.2, 0.25) is 0 Å². The van der Waals surface area contributed by atoms with E-state index in [2.05, 4.69) is 9.84 Å². The third-order valence-electron chi connectivity index (χ3n) is 7.93. The monoisotopic (exact) mass is 605 g/mol. The highest BCUT2D eigenvalue weighted by molar-refractivity contribution is 7.47. The molecule has 3 aliphatic rings. The molecule has 5 N–H and O–H groups in total. The number of benzene rings is 2. The summed E-state index contributed by atoms with van der Waals surface area (Å²) in [5.74, 6) is -3.10. The quantitative estimate of drug-likeness (QED) is 0.108. The number of nitrogens with one attached hydrogen (secondary N) is 1. The van der Waals surface area contributed by atoms with Gasteiger partial charge in [-0.25, -0.2) is 4.57 Å². The van der Waals surface area contributed by atoms with E-state index >= 15 is 0 Å². The number of carboxylic acid groups (broad SMARTS) is 1. The molecule has 1 heterocycles. The first-order valence-corrected chi connectivity index (χ1v) is 15.4. The summed E-state index contributed by atoms with van der Waals surface area (Å²) in [5.41, 5.74) is 1.44. The van der Waals surface area contributed by atoms with Gasteiger partial charge in [0.25, 0.3) is 0 Å². The fraction of sp³-hybridized carbons (Fsp3) is 0.483. The molecule has 13 heteroatoms. The molecule has 12 nitrogen and oxygen atoms in total. The van der Waals surface area contributed by atoms with Crippen LogP contribution < -0.4 is 10.7 Å². The number of carbonyl (C=O) groups excluding carboxylic acids is 1. The number of carbonyl (C=O) groups is 2. The molecule has 228 valence electrons. The van der Waals surface area contributed by atoms with Crippen LogP contribution in [0, 0.1) is 17.8 Å². The Morgan fingerprint density at radius 2 is 1.95 bits per heavy atom. The molecule has 1 fully saturated rings. The fourth-order valence-electron chi connectivity index (χ4n) is 5.71. The number of hydrogen-bond donors (Lipinski definition) is 5. The summed E-state index contributed by atoms with van der Waals surface area (Å²) < 4.78 is 26.5. The van der Waals surface area contributed by atoms with E-state index < -0.39 is 31.5 Å². The second-order valence-corrected chi connectivity index (χ2v) is 12.3. The maximum Gasteiger partial charge on any atom is 0.471 e. The van der Waals surface area contributed by atoms with Crippen LogP contribution in [0.3, 0.4) is 0 Å². The van der Waals surface area contributed by atoms with Gasteiger partial charge in [0.1, 0.15) is 17.1 Å². The van der Waals surface area contributed by atoms with Crippen LogP contribution in [0.5, 0.6) is 5.75 Å². The number of amides is 1. The number of carboxylic acids is 1. The van der Waals surface area contributed by atoms with Crippen molar-refractivity contribution in [1.82, 2.24) is 5.32 Å². The number of phosphoric acid groups is 1. The predicted octanol–water partition coefficient (Wildman–Crippen LogP) is 3.85. The highest BCUT2D eigenvalue weighted by atomic mass is 31.2. The molecule has 1 aliphatic heterocycles. The average molecular weight is 606 g/mol. The maximum atomic E-state index is 13.0. The maximum absolute atomic E-state index is 13.0. The minimum Gasteiger partial charge on any atom is -0.508 e. The van der Waals surface area contributed by atoms with E-state index in [1.165, 1.54) is 24.3 Å². The van der Waals surface area contributed by atoms with Gasteiger partial charge in [-0.1, -0.05) is 6.42 Å². The van der Waals surface area contributed by atoms with Crippen LogP contribution >= 0.6 is 7.82 Å². The zero-order valence-electron chi connectivity index (χ0n) is 23.2. The van der Waals surface area contributed by atoms with Crippen LogP contribution in [-0.2, 0) is 23.2 Å². The lowest BCUT2D eigenvalue weighted by atomic mass is 9.69. The lowest BCUT2D eigenvalue weighted by Gasteiger charge is -2.35. The number of rotatable bonds is 13. The molecule has 5 atom stereocenters. The largest absolute Gasteiger partial charge is 0.508 e. The molecule has 1 amide bonds. The number of fused-ring (bicyclic) bond motifs is 2. The van der Waals surface area contributed by atoms with Crippen molar-refractivity contribution >= 4 is 30.7 Å². The standard InChI is InChI=1S/C29H36NO11P/c1-39-42(37,38)40-16-17(15-31)4-2-3-11-30-28(34)18-5-8-21(24(12-18)29(35)36)27-22-9-6-19(32)13-25(22)41-26-14-20(33)7-10-23(26)27/h6-7,9-10,13-14,17-18,21,24,31-32H,2-5,8,11-12,15-16H2,1H3,(H,30,34)(H,35,36)(H,37,38). The van der Waals surface area contributed by atoms with Crippen molar-refractivity contribution in [1.29, 1.82) is 0 Å². The molecule has 0 saturated heterocycles. The van der Waals surface area contributed by atoms with Gasteiger partial charge >= 0.3 is 13.8 Å². The first-order chi connectivity index (χ1) is 20.0. The summed E-state index contributed by atoms with van der Waals surface area (Å²) in [6.07, 6.45) is 2.78. The van der Waals surface area contributed by atoms with E-state index in [0.717, 1.165) is 12.7 Å². The topological polar surface area (TPSA) is 193 Å². The van der Waals surface area contributed by atoms with Crippen molar-refractivity contribution < 1.29 is 47.8 Å². The Morgan fingerprint density at radius 1 is 1.17 bits per heavy atom. The molecule has 42 heavy (non-hydrogen) atoms. The van der Waals surface area contributed by atoms with Gasteiger partial charge in [-0.2, -0.15) is 0 Å². The summed E-state index contributed by atoms with van der Waals surface area (Å²) in [7, 11) is -3.06. The molecule has 0 aromatic heterocycles. The third kappa shape index (κ3) is 7.56. The molecule has 2 aliphatic carbocycles. The fourth-order valence-corrected chi connectivity index (χ4v) is 6.22. The molecule has 1 saturated carbocycles. The minimum absolute atomic E-state index is 0.0210.